The minimum Gasteiger partial charge on any atom is -0.480 e. The Morgan fingerprint density at radius 3 is 2.76 bits per heavy atom. The summed E-state index contributed by atoms with van der Waals surface area (Å²) in [7, 11) is 0. The van der Waals surface area contributed by atoms with Crippen LogP contribution < -0.4 is 10.1 Å². The summed E-state index contributed by atoms with van der Waals surface area (Å²) in [5, 5.41) is 3.38. The van der Waals surface area contributed by atoms with Crippen LogP contribution in [0.25, 0.3) is 0 Å². The van der Waals surface area contributed by atoms with Gasteiger partial charge in [-0.1, -0.05) is 25.8 Å². The molecule has 92 valence electrons. The van der Waals surface area contributed by atoms with Crippen molar-refractivity contribution < 1.29 is 4.74 Å². The summed E-state index contributed by atoms with van der Waals surface area (Å²) in [6.07, 6.45) is 0. The van der Waals surface area contributed by atoms with E-state index in [9.17, 15) is 0 Å². The highest BCUT2D eigenvalue weighted by atomic mass is 79.9. The van der Waals surface area contributed by atoms with Gasteiger partial charge in [0.25, 0.3) is 0 Å². The Balaban J connectivity index is 2.61. The molecule has 1 N–H and O–H groups in total. The maximum atomic E-state index is 5.52. The van der Waals surface area contributed by atoms with Crippen molar-refractivity contribution in [2.24, 2.45) is 0 Å². The van der Waals surface area contributed by atoms with Crippen molar-refractivity contribution in [1.29, 1.82) is 0 Å². The Bertz CT molecular complexity index is 418. The van der Waals surface area contributed by atoms with Crippen LogP contribution in [0, 0.1) is 11.8 Å². The van der Waals surface area contributed by atoms with Crippen LogP contribution in [0.5, 0.6) is 5.75 Å². The van der Waals surface area contributed by atoms with E-state index < -0.39 is 0 Å². The van der Waals surface area contributed by atoms with E-state index >= 15 is 0 Å². The highest BCUT2D eigenvalue weighted by molar-refractivity contribution is 9.10. The molecule has 0 saturated heterocycles. The molecule has 1 aromatic carbocycles. The lowest BCUT2D eigenvalue weighted by atomic mass is 10.2. The first-order valence-corrected chi connectivity index (χ1v) is 6.47. The highest BCUT2D eigenvalue weighted by Crippen LogP contribution is 2.25. The smallest absolute Gasteiger partial charge is 0.149 e. The van der Waals surface area contributed by atoms with Gasteiger partial charge >= 0.3 is 0 Å². The van der Waals surface area contributed by atoms with Crippen molar-refractivity contribution in [3.63, 3.8) is 0 Å². The third-order valence-corrected chi connectivity index (χ3v) is 2.81. The molecule has 1 rings (SSSR count). The molecular formula is C14H18BrNO. The van der Waals surface area contributed by atoms with Gasteiger partial charge in [-0.15, -0.1) is 5.92 Å². The van der Waals surface area contributed by atoms with Crippen molar-refractivity contribution in [2.75, 3.05) is 6.61 Å². The van der Waals surface area contributed by atoms with Gasteiger partial charge in [0, 0.05) is 12.6 Å². The van der Waals surface area contributed by atoms with Crippen LogP contribution in [-0.2, 0) is 6.54 Å². The molecule has 0 aromatic heterocycles. The molecule has 2 nitrogen and oxygen atoms in total. The summed E-state index contributed by atoms with van der Waals surface area (Å²) in [5.74, 6) is 6.51. The highest BCUT2D eigenvalue weighted by Gasteiger charge is 2.02. The Kier molecular flexibility index (Phi) is 6.10. The van der Waals surface area contributed by atoms with E-state index in [-0.39, 0.29) is 0 Å². The van der Waals surface area contributed by atoms with Gasteiger partial charge in [0.2, 0.25) is 0 Å². The summed E-state index contributed by atoms with van der Waals surface area (Å²) in [4.78, 5) is 0. The van der Waals surface area contributed by atoms with Gasteiger partial charge < -0.3 is 10.1 Å². The second-order valence-corrected chi connectivity index (χ2v) is 4.87. The van der Waals surface area contributed by atoms with Crippen molar-refractivity contribution in [2.45, 2.75) is 33.4 Å². The molecule has 3 heteroatoms. The van der Waals surface area contributed by atoms with E-state index in [4.69, 9.17) is 4.74 Å². The van der Waals surface area contributed by atoms with Gasteiger partial charge in [-0.05, 0) is 40.5 Å². The van der Waals surface area contributed by atoms with Crippen LogP contribution >= 0.6 is 15.9 Å². The van der Waals surface area contributed by atoms with E-state index in [0.29, 0.717) is 12.6 Å². The third-order valence-electron chi connectivity index (χ3n) is 2.19. The second-order valence-electron chi connectivity index (χ2n) is 4.02. The largest absolute Gasteiger partial charge is 0.480 e. The summed E-state index contributed by atoms with van der Waals surface area (Å²) < 4.78 is 6.49. The number of halogens is 1. The molecule has 0 unspecified atom stereocenters. The number of nitrogens with one attached hydrogen (secondary N) is 1. The van der Waals surface area contributed by atoms with Crippen molar-refractivity contribution in [3.8, 4) is 17.6 Å². The minimum absolute atomic E-state index is 0.429. The predicted octanol–water partition coefficient (Wildman–Crippen LogP) is 3.35. The number of ether oxygens (including phenoxy) is 1. The maximum absolute atomic E-state index is 5.52. The minimum atomic E-state index is 0.429. The summed E-state index contributed by atoms with van der Waals surface area (Å²) in [5.41, 5.74) is 1.24. The summed E-state index contributed by atoms with van der Waals surface area (Å²) in [6, 6.07) is 6.60. The van der Waals surface area contributed by atoms with Crippen molar-refractivity contribution in [1.82, 2.24) is 5.32 Å². The SMILES string of the molecule is CC#CCOc1ccc(CNC(C)C)cc1Br. The van der Waals surface area contributed by atoms with E-state index in [1.54, 1.807) is 6.92 Å². The fourth-order valence-electron chi connectivity index (χ4n) is 1.28. The number of rotatable bonds is 5. The van der Waals surface area contributed by atoms with Crippen LogP contribution in [0.15, 0.2) is 22.7 Å². The fraction of sp³-hybridized carbons (Fsp3) is 0.429. The van der Waals surface area contributed by atoms with Crippen LogP contribution in [0.4, 0.5) is 0 Å². The van der Waals surface area contributed by atoms with Crippen LogP contribution in [0.2, 0.25) is 0 Å². The Hall–Kier alpha value is -0.980. The molecule has 0 aliphatic rings. The predicted molar refractivity (Wildman–Crippen MR) is 75.1 cm³/mol. The first-order valence-electron chi connectivity index (χ1n) is 5.67. The lowest BCUT2D eigenvalue weighted by Crippen LogP contribution is -2.21. The molecule has 17 heavy (non-hydrogen) atoms. The lowest BCUT2D eigenvalue weighted by molar-refractivity contribution is 0.367. The van der Waals surface area contributed by atoms with Gasteiger partial charge in [-0.3, -0.25) is 0 Å². The summed E-state index contributed by atoms with van der Waals surface area (Å²) in [6.45, 7) is 7.37. The molecule has 1 aromatic rings. The van der Waals surface area contributed by atoms with Gasteiger partial charge in [0.05, 0.1) is 4.47 Å². The molecule has 0 atom stereocenters. The molecule has 0 spiro atoms. The van der Waals surface area contributed by atoms with Crippen LogP contribution in [-0.4, -0.2) is 12.6 Å². The molecule has 0 heterocycles. The van der Waals surface area contributed by atoms with Gasteiger partial charge in [-0.25, -0.2) is 0 Å². The molecule has 0 amide bonds. The van der Waals surface area contributed by atoms with Crippen molar-refractivity contribution >= 4 is 15.9 Å². The van der Waals surface area contributed by atoms with Crippen molar-refractivity contribution in [3.05, 3.63) is 28.2 Å². The fourth-order valence-corrected chi connectivity index (χ4v) is 1.82. The average molecular weight is 296 g/mol. The van der Waals surface area contributed by atoms with E-state index in [1.165, 1.54) is 5.56 Å². The van der Waals surface area contributed by atoms with E-state index in [1.807, 2.05) is 6.07 Å². The van der Waals surface area contributed by atoms with Crippen LogP contribution in [0.1, 0.15) is 26.3 Å². The van der Waals surface area contributed by atoms with Gasteiger partial charge in [-0.2, -0.15) is 0 Å². The zero-order chi connectivity index (χ0) is 12.7. The zero-order valence-corrected chi connectivity index (χ0v) is 12.1. The molecule has 0 fully saturated rings. The topological polar surface area (TPSA) is 21.3 Å². The van der Waals surface area contributed by atoms with Gasteiger partial charge in [0.15, 0.2) is 0 Å². The molecular weight excluding hydrogens is 278 g/mol. The Labute approximate surface area is 112 Å². The number of benzene rings is 1. The quantitative estimate of drug-likeness (QED) is 0.841. The summed E-state index contributed by atoms with van der Waals surface area (Å²) >= 11 is 3.51. The second kappa shape index (κ2) is 7.37. The standard InChI is InChI=1S/C14H18BrNO/c1-4-5-8-17-14-7-6-12(9-13(14)15)10-16-11(2)3/h6-7,9,11,16H,8,10H2,1-3H3. The Morgan fingerprint density at radius 2 is 2.18 bits per heavy atom. The van der Waals surface area contributed by atoms with Gasteiger partial charge in [0.1, 0.15) is 12.4 Å². The zero-order valence-electron chi connectivity index (χ0n) is 10.5. The lowest BCUT2D eigenvalue weighted by Gasteiger charge is -2.10. The molecule has 0 saturated carbocycles. The van der Waals surface area contributed by atoms with E-state index in [2.05, 4.69) is 59.1 Å². The average Bonchev–Trinajstić information content (AvgIpc) is 2.29. The van der Waals surface area contributed by atoms with Crippen LogP contribution in [0.3, 0.4) is 0 Å². The molecule has 0 radical (unpaired) electrons. The van der Waals surface area contributed by atoms with E-state index in [0.717, 1.165) is 16.8 Å². The molecule has 0 bridgehead atoms. The number of hydrogen-bond donors (Lipinski definition) is 1. The molecule has 0 aliphatic heterocycles. The first kappa shape index (κ1) is 14.1. The monoisotopic (exact) mass is 295 g/mol. The Morgan fingerprint density at radius 1 is 1.41 bits per heavy atom. The third kappa shape index (κ3) is 5.25. The maximum Gasteiger partial charge on any atom is 0.149 e. The first-order chi connectivity index (χ1) is 8.13. The number of hydrogen-bond acceptors (Lipinski definition) is 2. The molecule has 0 aliphatic carbocycles. The normalized spacial score (nSPS) is 9.94.